The summed E-state index contributed by atoms with van der Waals surface area (Å²) in [4.78, 5) is 34.5. The van der Waals surface area contributed by atoms with E-state index in [1.165, 1.54) is 116 Å². The molecule has 0 spiro atoms. The van der Waals surface area contributed by atoms with Crippen molar-refractivity contribution < 1.29 is 47.8 Å². The van der Waals surface area contributed by atoms with Gasteiger partial charge in [-0.2, -0.15) is 0 Å². The molecule has 0 heterocycles. The van der Waals surface area contributed by atoms with Crippen LogP contribution in [-0.4, -0.2) is 65.7 Å². The molecule has 0 aromatic carbocycles. The van der Waals surface area contributed by atoms with Crippen molar-refractivity contribution in [2.75, 3.05) is 26.4 Å². The SMILES string of the molecule is CCCC/C=C\C/C=C\CCCCCCCC(=O)OC(CO)COP(=O)(O)OCC(CO)OC(=O)CCCCCCCCCCCCCCCCCCCCCC. The first kappa shape index (κ1) is 55.5. The van der Waals surface area contributed by atoms with Gasteiger partial charge < -0.3 is 24.6 Å². The molecule has 3 N–H and O–H groups in total. The monoisotopic (exact) mass is 831 g/mol. The fourth-order valence-electron chi connectivity index (χ4n) is 6.54. The molecule has 0 saturated carbocycles. The quantitative estimate of drug-likeness (QED) is 0.0234. The van der Waals surface area contributed by atoms with Crippen LogP contribution in [-0.2, 0) is 32.7 Å². The van der Waals surface area contributed by atoms with Gasteiger partial charge in [0.1, 0.15) is 12.2 Å². The van der Waals surface area contributed by atoms with E-state index in [4.69, 9.17) is 18.5 Å². The number of unbranched alkanes of at least 4 members (excludes halogenated alkanes) is 26. The number of esters is 2. The summed E-state index contributed by atoms with van der Waals surface area (Å²) >= 11 is 0. The van der Waals surface area contributed by atoms with Gasteiger partial charge in [-0.1, -0.05) is 192 Å². The second kappa shape index (κ2) is 42.6. The molecule has 0 aliphatic heterocycles. The topological polar surface area (TPSA) is 149 Å². The lowest BCUT2D eigenvalue weighted by molar-refractivity contribution is -0.153. The summed E-state index contributed by atoms with van der Waals surface area (Å²) in [7, 11) is -4.64. The van der Waals surface area contributed by atoms with Crippen molar-refractivity contribution in [1.29, 1.82) is 0 Å². The van der Waals surface area contributed by atoms with Gasteiger partial charge in [0.15, 0.2) is 0 Å². The molecular formula is C46H87O10P. The van der Waals surface area contributed by atoms with Crippen LogP contribution < -0.4 is 0 Å². The standard InChI is InChI=1S/C46H87O10P/c1-3-5-7-9-11-13-15-17-19-20-21-22-23-24-26-28-30-32-34-36-38-46(50)56-44(40-48)42-54-57(51,52)53-41-43(39-47)55-45(49)37-35-33-31-29-27-25-18-16-14-12-10-8-6-4-2/h10,12,16,18,43-44,47-48H,3-9,11,13-15,17,19-42H2,1-2H3,(H,51,52)/b12-10-,18-16-. The Morgan fingerprint density at radius 1 is 0.474 bits per heavy atom. The van der Waals surface area contributed by atoms with E-state index in [1.807, 2.05) is 0 Å². The highest BCUT2D eigenvalue weighted by Gasteiger charge is 2.27. The van der Waals surface area contributed by atoms with Gasteiger partial charge in [-0.05, 0) is 38.5 Å². The van der Waals surface area contributed by atoms with Crippen LogP contribution in [0.1, 0.15) is 219 Å². The molecule has 0 aliphatic carbocycles. The number of ether oxygens (including phenoxy) is 2. The van der Waals surface area contributed by atoms with E-state index in [9.17, 15) is 29.3 Å². The molecule has 3 atom stereocenters. The van der Waals surface area contributed by atoms with Gasteiger partial charge in [0.05, 0.1) is 26.4 Å². The molecule has 10 nitrogen and oxygen atoms in total. The van der Waals surface area contributed by atoms with E-state index in [0.717, 1.165) is 64.2 Å². The summed E-state index contributed by atoms with van der Waals surface area (Å²) < 4.78 is 32.6. The number of hydrogen-bond donors (Lipinski definition) is 3. The van der Waals surface area contributed by atoms with E-state index in [1.54, 1.807) is 0 Å². The Bertz CT molecular complexity index is 1000. The molecule has 0 amide bonds. The van der Waals surface area contributed by atoms with Crippen molar-refractivity contribution in [3.8, 4) is 0 Å². The van der Waals surface area contributed by atoms with Crippen molar-refractivity contribution in [2.24, 2.45) is 0 Å². The fourth-order valence-corrected chi connectivity index (χ4v) is 7.33. The number of rotatable bonds is 44. The zero-order chi connectivity index (χ0) is 41.9. The zero-order valence-corrected chi connectivity index (χ0v) is 37.5. The van der Waals surface area contributed by atoms with Gasteiger partial charge in [-0.3, -0.25) is 18.6 Å². The normalized spacial score (nSPS) is 14.0. The van der Waals surface area contributed by atoms with Gasteiger partial charge in [0.25, 0.3) is 0 Å². The Labute approximate surface area is 348 Å². The van der Waals surface area contributed by atoms with Crippen LogP contribution in [0, 0.1) is 0 Å². The zero-order valence-electron chi connectivity index (χ0n) is 36.6. The van der Waals surface area contributed by atoms with E-state index in [0.29, 0.717) is 12.8 Å². The molecule has 336 valence electrons. The molecule has 57 heavy (non-hydrogen) atoms. The number of allylic oxidation sites excluding steroid dienone is 4. The summed E-state index contributed by atoms with van der Waals surface area (Å²) in [5.74, 6) is -1.02. The highest BCUT2D eigenvalue weighted by molar-refractivity contribution is 7.47. The Morgan fingerprint density at radius 3 is 1.14 bits per heavy atom. The maximum Gasteiger partial charge on any atom is 0.472 e. The number of phosphoric ester groups is 1. The van der Waals surface area contributed by atoms with Crippen LogP contribution >= 0.6 is 7.82 Å². The van der Waals surface area contributed by atoms with Crippen LogP contribution in [0.4, 0.5) is 0 Å². The minimum atomic E-state index is -4.64. The molecule has 0 saturated heterocycles. The Kier molecular flexibility index (Phi) is 41.4. The first-order valence-electron chi connectivity index (χ1n) is 23.3. The number of hydrogen-bond acceptors (Lipinski definition) is 9. The minimum absolute atomic E-state index is 0.178. The average molecular weight is 831 g/mol. The van der Waals surface area contributed by atoms with Gasteiger partial charge in [-0.25, -0.2) is 4.57 Å². The number of phosphoric acid groups is 1. The molecule has 3 unspecified atom stereocenters. The highest BCUT2D eigenvalue weighted by Crippen LogP contribution is 2.43. The highest BCUT2D eigenvalue weighted by atomic mass is 31.2. The maximum absolute atomic E-state index is 12.4. The summed E-state index contributed by atoms with van der Waals surface area (Å²) in [6.45, 7) is 2.18. The second-order valence-electron chi connectivity index (χ2n) is 15.7. The molecule has 0 fully saturated rings. The Balaban J connectivity index is 3.86. The summed E-state index contributed by atoms with van der Waals surface area (Å²) in [5.41, 5.74) is 0. The van der Waals surface area contributed by atoms with E-state index in [-0.39, 0.29) is 12.8 Å². The predicted molar refractivity (Wildman–Crippen MR) is 233 cm³/mol. The van der Waals surface area contributed by atoms with Crippen molar-refractivity contribution in [2.45, 2.75) is 232 Å². The van der Waals surface area contributed by atoms with Crippen LogP contribution in [0.5, 0.6) is 0 Å². The van der Waals surface area contributed by atoms with Crippen LogP contribution in [0.25, 0.3) is 0 Å². The first-order valence-corrected chi connectivity index (χ1v) is 24.8. The van der Waals surface area contributed by atoms with Gasteiger partial charge in [0.2, 0.25) is 0 Å². The largest absolute Gasteiger partial charge is 0.472 e. The number of carbonyl (C=O) groups is 2. The average Bonchev–Trinajstić information content (AvgIpc) is 3.20. The molecule has 0 aromatic rings. The Morgan fingerprint density at radius 2 is 0.789 bits per heavy atom. The lowest BCUT2D eigenvalue weighted by Crippen LogP contribution is -2.28. The van der Waals surface area contributed by atoms with Crippen molar-refractivity contribution >= 4 is 19.8 Å². The van der Waals surface area contributed by atoms with Gasteiger partial charge in [0, 0.05) is 12.8 Å². The molecule has 0 bridgehead atoms. The molecule has 0 radical (unpaired) electrons. The minimum Gasteiger partial charge on any atom is -0.457 e. The van der Waals surface area contributed by atoms with E-state index < -0.39 is 58.4 Å². The summed E-state index contributed by atoms with van der Waals surface area (Å²) in [6.07, 6.45) is 42.9. The van der Waals surface area contributed by atoms with Crippen LogP contribution in [0.2, 0.25) is 0 Å². The van der Waals surface area contributed by atoms with Crippen LogP contribution in [0.15, 0.2) is 24.3 Å². The van der Waals surface area contributed by atoms with Crippen LogP contribution in [0.3, 0.4) is 0 Å². The molecule has 0 aliphatic rings. The third kappa shape index (κ3) is 41.0. The van der Waals surface area contributed by atoms with Crippen molar-refractivity contribution in [3.05, 3.63) is 24.3 Å². The predicted octanol–water partition coefficient (Wildman–Crippen LogP) is 12.6. The first-order chi connectivity index (χ1) is 27.8. The number of aliphatic hydroxyl groups excluding tert-OH is 2. The Hall–Kier alpha value is -1.55. The van der Waals surface area contributed by atoms with Gasteiger partial charge >= 0.3 is 19.8 Å². The van der Waals surface area contributed by atoms with Gasteiger partial charge in [-0.15, -0.1) is 0 Å². The third-order valence-electron chi connectivity index (χ3n) is 10.2. The second-order valence-corrected chi connectivity index (χ2v) is 17.2. The number of aliphatic hydroxyl groups is 2. The molecule has 0 rings (SSSR count). The maximum atomic E-state index is 12.4. The smallest absolute Gasteiger partial charge is 0.457 e. The summed E-state index contributed by atoms with van der Waals surface area (Å²) in [6, 6.07) is 0. The summed E-state index contributed by atoms with van der Waals surface area (Å²) in [5, 5.41) is 19.2. The lowest BCUT2D eigenvalue weighted by atomic mass is 10.0. The third-order valence-corrected chi connectivity index (χ3v) is 11.1. The van der Waals surface area contributed by atoms with E-state index >= 15 is 0 Å². The molecule has 11 heteroatoms. The molecule has 0 aromatic heterocycles. The van der Waals surface area contributed by atoms with E-state index in [2.05, 4.69) is 38.2 Å². The number of carbonyl (C=O) groups excluding carboxylic acids is 2. The lowest BCUT2D eigenvalue weighted by Gasteiger charge is -2.20. The molecular weight excluding hydrogens is 743 g/mol. The van der Waals surface area contributed by atoms with Crippen molar-refractivity contribution in [1.82, 2.24) is 0 Å². The van der Waals surface area contributed by atoms with Crippen molar-refractivity contribution in [3.63, 3.8) is 0 Å². The fraction of sp³-hybridized carbons (Fsp3) is 0.870.